The van der Waals surface area contributed by atoms with Crippen LogP contribution in [-0.2, 0) is 6.54 Å². The molecular formula is C12H15N3. The van der Waals surface area contributed by atoms with Crippen molar-refractivity contribution in [1.82, 2.24) is 9.78 Å². The molecular weight excluding hydrogens is 186 g/mol. The summed E-state index contributed by atoms with van der Waals surface area (Å²) in [7, 11) is 0. The molecule has 0 radical (unpaired) electrons. The minimum absolute atomic E-state index is 0.709. The summed E-state index contributed by atoms with van der Waals surface area (Å²) in [6.45, 7) is 1.60. The SMILES string of the molecule is NCCCn1ccc(-c2ccccc2)n1. The van der Waals surface area contributed by atoms with Crippen LogP contribution >= 0.6 is 0 Å². The van der Waals surface area contributed by atoms with Gasteiger partial charge >= 0.3 is 0 Å². The highest BCUT2D eigenvalue weighted by molar-refractivity contribution is 5.57. The zero-order chi connectivity index (χ0) is 10.5. The predicted molar refractivity (Wildman–Crippen MR) is 61.3 cm³/mol. The maximum absolute atomic E-state index is 5.45. The Bertz CT molecular complexity index is 406. The number of nitrogens with zero attached hydrogens (tertiary/aromatic N) is 2. The van der Waals surface area contributed by atoms with Crippen LogP contribution in [0.25, 0.3) is 11.3 Å². The highest BCUT2D eigenvalue weighted by Crippen LogP contribution is 2.15. The first-order valence-electron chi connectivity index (χ1n) is 5.19. The van der Waals surface area contributed by atoms with Crippen molar-refractivity contribution < 1.29 is 0 Å². The lowest BCUT2D eigenvalue weighted by Gasteiger charge is -1.98. The molecule has 0 amide bonds. The molecule has 2 aromatic rings. The van der Waals surface area contributed by atoms with E-state index in [2.05, 4.69) is 17.2 Å². The molecule has 2 N–H and O–H groups in total. The minimum Gasteiger partial charge on any atom is -0.330 e. The van der Waals surface area contributed by atoms with Crippen LogP contribution in [-0.4, -0.2) is 16.3 Å². The second-order valence-electron chi connectivity index (χ2n) is 3.47. The van der Waals surface area contributed by atoms with Crippen LogP contribution in [0, 0.1) is 0 Å². The van der Waals surface area contributed by atoms with Crippen LogP contribution in [0.15, 0.2) is 42.6 Å². The second-order valence-corrected chi connectivity index (χ2v) is 3.47. The fourth-order valence-electron chi connectivity index (χ4n) is 1.50. The van der Waals surface area contributed by atoms with Crippen molar-refractivity contribution in [2.75, 3.05) is 6.54 Å². The summed E-state index contributed by atoms with van der Waals surface area (Å²) in [4.78, 5) is 0. The van der Waals surface area contributed by atoms with Crippen LogP contribution in [0.1, 0.15) is 6.42 Å². The Morgan fingerprint density at radius 1 is 1.13 bits per heavy atom. The molecule has 1 aromatic carbocycles. The lowest BCUT2D eigenvalue weighted by atomic mass is 10.2. The smallest absolute Gasteiger partial charge is 0.0923 e. The van der Waals surface area contributed by atoms with E-state index < -0.39 is 0 Å². The van der Waals surface area contributed by atoms with Gasteiger partial charge in [0.1, 0.15) is 0 Å². The van der Waals surface area contributed by atoms with E-state index in [9.17, 15) is 0 Å². The van der Waals surface area contributed by atoms with E-state index in [-0.39, 0.29) is 0 Å². The van der Waals surface area contributed by atoms with Gasteiger partial charge in [0.2, 0.25) is 0 Å². The number of hydrogen-bond donors (Lipinski definition) is 1. The Balaban J connectivity index is 2.14. The quantitative estimate of drug-likeness (QED) is 0.821. The number of rotatable bonds is 4. The van der Waals surface area contributed by atoms with Crippen molar-refractivity contribution in [3.63, 3.8) is 0 Å². The van der Waals surface area contributed by atoms with Crippen LogP contribution in [0.2, 0.25) is 0 Å². The van der Waals surface area contributed by atoms with Gasteiger partial charge in [-0.05, 0) is 19.0 Å². The Labute approximate surface area is 89.5 Å². The lowest BCUT2D eigenvalue weighted by molar-refractivity contribution is 0.586. The van der Waals surface area contributed by atoms with Crippen LogP contribution in [0.4, 0.5) is 0 Å². The molecule has 2 rings (SSSR count). The summed E-state index contributed by atoms with van der Waals surface area (Å²) in [6.07, 6.45) is 2.97. The molecule has 3 nitrogen and oxygen atoms in total. The Hall–Kier alpha value is -1.61. The molecule has 0 bridgehead atoms. The number of nitrogens with two attached hydrogens (primary N) is 1. The van der Waals surface area contributed by atoms with Crippen LogP contribution in [0.3, 0.4) is 0 Å². The Kier molecular flexibility index (Phi) is 3.15. The van der Waals surface area contributed by atoms with Gasteiger partial charge in [0.25, 0.3) is 0 Å². The summed E-state index contributed by atoms with van der Waals surface area (Å²) in [5.74, 6) is 0. The van der Waals surface area contributed by atoms with E-state index in [1.807, 2.05) is 35.1 Å². The molecule has 78 valence electrons. The fraction of sp³-hybridized carbons (Fsp3) is 0.250. The molecule has 0 unspecified atom stereocenters. The first kappa shape index (κ1) is 9.93. The monoisotopic (exact) mass is 201 g/mol. The number of aromatic nitrogens is 2. The van der Waals surface area contributed by atoms with E-state index >= 15 is 0 Å². The Morgan fingerprint density at radius 2 is 1.93 bits per heavy atom. The van der Waals surface area contributed by atoms with Gasteiger partial charge in [-0.25, -0.2) is 0 Å². The molecule has 0 spiro atoms. The molecule has 0 fully saturated rings. The summed E-state index contributed by atoms with van der Waals surface area (Å²) < 4.78 is 1.94. The molecule has 0 saturated carbocycles. The summed E-state index contributed by atoms with van der Waals surface area (Å²) in [5.41, 5.74) is 7.63. The van der Waals surface area contributed by atoms with Gasteiger partial charge in [0, 0.05) is 18.3 Å². The fourth-order valence-corrected chi connectivity index (χ4v) is 1.50. The molecule has 15 heavy (non-hydrogen) atoms. The van der Waals surface area contributed by atoms with E-state index in [1.54, 1.807) is 0 Å². The van der Waals surface area contributed by atoms with Gasteiger partial charge in [0.05, 0.1) is 5.69 Å². The topological polar surface area (TPSA) is 43.8 Å². The minimum atomic E-state index is 0.709. The van der Waals surface area contributed by atoms with E-state index in [1.165, 1.54) is 0 Å². The normalized spacial score (nSPS) is 10.5. The van der Waals surface area contributed by atoms with Crippen LogP contribution < -0.4 is 5.73 Å². The van der Waals surface area contributed by atoms with Crippen molar-refractivity contribution >= 4 is 0 Å². The molecule has 0 atom stereocenters. The third kappa shape index (κ3) is 2.44. The van der Waals surface area contributed by atoms with Crippen molar-refractivity contribution in [2.45, 2.75) is 13.0 Å². The standard InChI is InChI=1S/C12H15N3/c13-8-4-9-15-10-7-12(14-15)11-5-2-1-3-6-11/h1-3,5-7,10H,4,8-9,13H2. The van der Waals surface area contributed by atoms with Crippen LogP contribution in [0.5, 0.6) is 0 Å². The van der Waals surface area contributed by atoms with Crippen molar-refractivity contribution in [3.05, 3.63) is 42.6 Å². The average molecular weight is 201 g/mol. The highest BCUT2D eigenvalue weighted by atomic mass is 15.3. The third-order valence-electron chi connectivity index (χ3n) is 2.30. The first-order valence-corrected chi connectivity index (χ1v) is 5.19. The van der Waals surface area contributed by atoms with Gasteiger partial charge in [-0.3, -0.25) is 4.68 Å². The van der Waals surface area contributed by atoms with Crippen molar-refractivity contribution in [3.8, 4) is 11.3 Å². The number of benzene rings is 1. The number of aryl methyl sites for hydroxylation is 1. The van der Waals surface area contributed by atoms with Gasteiger partial charge < -0.3 is 5.73 Å². The molecule has 0 aliphatic heterocycles. The lowest BCUT2D eigenvalue weighted by Crippen LogP contribution is -2.06. The maximum Gasteiger partial charge on any atom is 0.0923 e. The van der Waals surface area contributed by atoms with E-state index in [0.717, 1.165) is 24.2 Å². The summed E-state index contributed by atoms with van der Waals surface area (Å²) in [5, 5.41) is 4.48. The summed E-state index contributed by atoms with van der Waals surface area (Å²) in [6, 6.07) is 12.2. The van der Waals surface area contributed by atoms with Crippen molar-refractivity contribution in [1.29, 1.82) is 0 Å². The zero-order valence-electron chi connectivity index (χ0n) is 8.63. The van der Waals surface area contributed by atoms with Crippen molar-refractivity contribution in [2.24, 2.45) is 5.73 Å². The second kappa shape index (κ2) is 4.75. The number of hydrogen-bond acceptors (Lipinski definition) is 2. The van der Waals surface area contributed by atoms with E-state index in [0.29, 0.717) is 6.54 Å². The van der Waals surface area contributed by atoms with Gasteiger partial charge in [-0.2, -0.15) is 5.10 Å². The average Bonchev–Trinajstić information content (AvgIpc) is 2.76. The Morgan fingerprint density at radius 3 is 2.67 bits per heavy atom. The molecule has 0 aliphatic rings. The largest absolute Gasteiger partial charge is 0.330 e. The summed E-state index contributed by atoms with van der Waals surface area (Å²) >= 11 is 0. The molecule has 1 aromatic heterocycles. The molecule has 0 saturated heterocycles. The van der Waals surface area contributed by atoms with Gasteiger partial charge in [-0.15, -0.1) is 0 Å². The third-order valence-corrected chi connectivity index (χ3v) is 2.30. The maximum atomic E-state index is 5.45. The van der Waals surface area contributed by atoms with Gasteiger partial charge in [0.15, 0.2) is 0 Å². The zero-order valence-corrected chi connectivity index (χ0v) is 8.63. The van der Waals surface area contributed by atoms with E-state index in [4.69, 9.17) is 5.73 Å². The predicted octanol–water partition coefficient (Wildman–Crippen LogP) is 1.90. The highest BCUT2D eigenvalue weighted by Gasteiger charge is 2.00. The molecule has 0 aliphatic carbocycles. The molecule has 3 heteroatoms. The van der Waals surface area contributed by atoms with Gasteiger partial charge in [-0.1, -0.05) is 30.3 Å². The first-order chi connectivity index (χ1) is 7.40. The molecule has 1 heterocycles.